The van der Waals surface area contributed by atoms with Gasteiger partial charge in [0, 0.05) is 17.8 Å². The smallest absolute Gasteiger partial charge is 0.251 e. The average molecular weight is 320 g/mol. The number of anilines is 1. The number of primary amides is 1. The average Bonchev–Trinajstić information content (AvgIpc) is 2.53. The number of ether oxygens (including phenoxy) is 1. The van der Waals surface area contributed by atoms with Crippen molar-refractivity contribution in [3.63, 3.8) is 0 Å². The van der Waals surface area contributed by atoms with Gasteiger partial charge in [-0.1, -0.05) is 0 Å². The Morgan fingerprint density at radius 3 is 2.61 bits per heavy atom. The van der Waals surface area contributed by atoms with Crippen molar-refractivity contribution in [3.8, 4) is 0 Å². The Bertz CT molecular complexity index is 588. The highest BCUT2D eigenvalue weighted by atomic mass is 16.5. The van der Waals surface area contributed by atoms with Crippen molar-refractivity contribution in [2.75, 3.05) is 25.0 Å². The van der Waals surface area contributed by atoms with Crippen LogP contribution < -0.4 is 21.7 Å². The minimum atomic E-state index is -0.612. The molecule has 0 spiro atoms. The molecule has 1 fully saturated rings. The molecule has 0 bridgehead atoms. The first kappa shape index (κ1) is 16.9. The number of carbonyl (C=O) groups is 3. The van der Waals surface area contributed by atoms with Gasteiger partial charge < -0.3 is 26.4 Å². The molecular weight excluding hydrogens is 300 g/mol. The maximum atomic E-state index is 12.2. The van der Waals surface area contributed by atoms with Crippen LogP contribution in [0, 0.1) is 0 Å². The summed E-state index contributed by atoms with van der Waals surface area (Å²) in [6.45, 7) is 2.83. The van der Waals surface area contributed by atoms with Crippen LogP contribution in [-0.2, 0) is 14.3 Å². The lowest BCUT2D eigenvalue weighted by atomic mass is 10.1. The Hall–Kier alpha value is -2.45. The van der Waals surface area contributed by atoms with E-state index in [1.165, 1.54) is 0 Å². The Morgan fingerprint density at radius 2 is 2.00 bits per heavy atom. The molecular formula is C15H20N4O4. The van der Waals surface area contributed by atoms with Crippen LogP contribution in [0.15, 0.2) is 24.3 Å². The van der Waals surface area contributed by atoms with Crippen LogP contribution in [0.3, 0.4) is 0 Å². The summed E-state index contributed by atoms with van der Waals surface area (Å²) in [7, 11) is 0. The molecule has 23 heavy (non-hydrogen) atoms. The number of rotatable bonds is 5. The molecule has 1 aromatic carbocycles. The topological polar surface area (TPSA) is 123 Å². The SMILES string of the molecule is C[C@H]1OCCN[C@@H]1C(=O)Nc1ccc(C(=O)NCC(N)=O)cc1. The number of hydrogen-bond donors (Lipinski definition) is 4. The second-order valence-electron chi connectivity index (χ2n) is 5.22. The molecule has 1 aromatic rings. The summed E-state index contributed by atoms with van der Waals surface area (Å²) in [4.78, 5) is 34.6. The van der Waals surface area contributed by atoms with Gasteiger partial charge in [-0.3, -0.25) is 14.4 Å². The van der Waals surface area contributed by atoms with E-state index in [0.717, 1.165) is 0 Å². The van der Waals surface area contributed by atoms with Crippen molar-refractivity contribution >= 4 is 23.4 Å². The number of nitrogens with two attached hydrogens (primary N) is 1. The van der Waals surface area contributed by atoms with Gasteiger partial charge in [0.15, 0.2) is 0 Å². The fourth-order valence-electron chi connectivity index (χ4n) is 2.22. The summed E-state index contributed by atoms with van der Waals surface area (Å²) in [5, 5.41) is 8.26. The maximum Gasteiger partial charge on any atom is 0.251 e. The summed E-state index contributed by atoms with van der Waals surface area (Å²) >= 11 is 0. The van der Waals surface area contributed by atoms with Crippen LogP contribution in [0.2, 0.25) is 0 Å². The molecule has 0 radical (unpaired) electrons. The molecule has 1 aliphatic rings. The Balaban J connectivity index is 1.93. The van der Waals surface area contributed by atoms with Crippen LogP contribution in [0.5, 0.6) is 0 Å². The monoisotopic (exact) mass is 320 g/mol. The minimum absolute atomic E-state index is 0.192. The van der Waals surface area contributed by atoms with Gasteiger partial charge in [0.2, 0.25) is 11.8 Å². The lowest BCUT2D eigenvalue weighted by Crippen LogP contribution is -2.53. The molecule has 0 aromatic heterocycles. The van der Waals surface area contributed by atoms with Gasteiger partial charge in [-0.2, -0.15) is 0 Å². The molecule has 0 aliphatic carbocycles. The normalized spacial score (nSPS) is 20.6. The number of morpholine rings is 1. The van der Waals surface area contributed by atoms with Gasteiger partial charge in [0.25, 0.3) is 5.91 Å². The fourth-order valence-corrected chi connectivity index (χ4v) is 2.22. The van der Waals surface area contributed by atoms with E-state index in [4.69, 9.17) is 10.5 Å². The molecule has 1 heterocycles. The van der Waals surface area contributed by atoms with E-state index in [-0.39, 0.29) is 18.6 Å². The molecule has 5 N–H and O–H groups in total. The highest BCUT2D eigenvalue weighted by molar-refractivity contribution is 5.98. The molecule has 2 atom stereocenters. The third-order valence-corrected chi connectivity index (χ3v) is 3.44. The zero-order chi connectivity index (χ0) is 16.8. The van der Waals surface area contributed by atoms with Crippen molar-refractivity contribution in [1.29, 1.82) is 0 Å². The predicted octanol–water partition coefficient (Wildman–Crippen LogP) is -0.783. The molecule has 2 rings (SSSR count). The predicted molar refractivity (Wildman–Crippen MR) is 83.8 cm³/mol. The third-order valence-electron chi connectivity index (χ3n) is 3.44. The zero-order valence-corrected chi connectivity index (χ0v) is 12.8. The summed E-state index contributed by atoms with van der Waals surface area (Å²) in [6, 6.07) is 5.93. The summed E-state index contributed by atoms with van der Waals surface area (Å²) in [5.41, 5.74) is 5.90. The van der Waals surface area contributed by atoms with Crippen molar-refractivity contribution in [2.45, 2.75) is 19.1 Å². The van der Waals surface area contributed by atoms with Crippen LogP contribution in [0.4, 0.5) is 5.69 Å². The van der Waals surface area contributed by atoms with Crippen molar-refractivity contribution in [1.82, 2.24) is 10.6 Å². The van der Waals surface area contributed by atoms with Crippen LogP contribution in [-0.4, -0.2) is 49.6 Å². The van der Waals surface area contributed by atoms with E-state index in [0.29, 0.717) is 24.4 Å². The molecule has 8 nitrogen and oxygen atoms in total. The Morgan fingerprint density at radius 1 is 1.30 bits per heavy atom. The first-order chi connectivity index (χ1) is 11.0. The van der Waals surface area contributed by atoms with E-state index in [1.54, 1.807) is 24.3 Å². The molecule has 1 aliphatic heterocycles. The lowest BCUT2D eigenvalue weighted by molar-refractivity contribution is -0.123. The Kier molecular flexibility index (Phi) is 5.67. The first-order valence-corrected chi connectivity index (χ1v) is 7.30. The van der Waals surface area contributed by atoms with Crippen molar-refractivity contribution in [2.24, 2.45) is 5.73 Å². The van der Waals surface area contributed by atoms with Gasteiger partial charge in [0.1, 0.15) is 6.04 Å². The molecule has 0 unspecified atom stereocenters. The number of benzene rings is 1. The van der Waals surface area contributed by atoms with Crippen molar-refractivity contribution < 1.29 is 19.1 Å². The second-order valence-corrected chi connectivity index (χ2v) is 5.22. The van der Waals surface area contributed by atoms with Crippen LogP contribution >= 0.6 is 0 Å². The minimum Gasteiger partial charge on any atom is -0.375 e. The van der Waals surface area contributed by atoms with Gasteiger partial charge >= 0.3 is 0 Å². The summed E-state index contributed by atoms with van der Waals surface area (Å²) in [5.74, 6) is -1.21. The quantitative estimate of drug-likeness (QED) is 0.567. The molecule has 1 saturated heterocycles. The van der Waals surface area contributed by atoms with Gasteiger partial charge in [-0.15, -0.1) is 0 Å². The number of nitrogens with one attached hydrogen (secondary N) is 3. The molecule has 3 amide bonds. The van der Waals surface area contributed by atoms with E-state index in [1.807, 2.05) is 6.92 Å². The van der Waals surface area contributed by atoms with E-state index in [2.05, 4.69) is 16.0 Å². The van der Waals surface area contributed by atoms with Crippen LogP contribution in [0.25, 0.3) is 0 Å². The van der Waals surface area contributed by atoms with E-state index in [9.17, 15) is 14.4 Å². The lowest BCUT2D eigenvalue weighted by Gasteiger charge is -2.29. The van der Waals surface area contributed by atoms with Gasteiger partial charge in [0.05, 0.1) is 19.3 Å². The number of carbonyl (C=O) groups excluding carboxylic acids is 3. The van der Waals surface area contributed by atoms with Gasteiger partial charge in [-0.05, 0) is 31.2 Å². The number of hydrogen-bond acceptors (Lipinski definition) is 5. The first-order valence-electron chi connectivity index (χ1n) is 7.30. The molecule has 124 valence electrons. The van der Waals surface area contributed by atoms with E-state index >= 15 is 0 Å². The fraction of sp³-hybridized carbons (Fsp3) is 0.400. The Labute approximate surface area is 133 Å². The highest BCUT2D eigenvalue weighted by Crippen LogP contribution is 2.12. The maximum absolute atomic E-state index is 12.2. The summed E-state index contributed by atoms with van der Waals surface area (Å²) in [6.07, 6.45) is -0.206. The van der Waals surface area contributed by atoms with Crippen LogP contribution in [0.1, 0.15) is 17.3 Å². The third kappa shape index (κ3) is 4.76. The molecule has 0 saturated carbocycles. The number of amides is 3. The highest BCUT2D eigenvalue weighted by Gasteiger charge is 2.28. The van der Waals surface area contributed by atoms with Crippen molar-refractivity contribution in [3.05, 3.63) is 29.8 Å². The second kappa shape index (κ2) is 7.70. The summed E-state index contributed by atoms with van der Waals surface area (Å²) < 4.78 is 5.43. The van der Waals surface area contributed by atoms with Gasteiger partial charge in [-0.25, -0.2) is 0 Å². The largest absolute Gasteiger partial charge is 0.375 e. The molecule has 8 heteroatoms. The van der Waals surface area contributed by atoms with E-state index < -0.39 is 17.9 Å². The zero-order valence-electron chi connectivity index (χ0n) is 12.8. The standard InChI is InChI=1S/C15H20N4O4/c1-9-13(17-6-7-23-9)15(22)19-11-4-2-10(3-5-11)14(21)18-8-12(16)20/h2-5,9,13,17H,6-8H2,1H3,(H2,16,20)(H,18,21)(H,19,22)/t9-,13+/m1/s1.